The van der Waals surface area contributed by atoms with Crippen LogP contribution in [-0.4, -0.2) is 27.4 Å². The smallest absolute Gasteiger partial charge is 0.259 e. The number of carbonyl (C=O) groups is 2. The van der Waals surface area contributed by atoms with Crippen molar-refractivity contribution >= 4 is 39.1 Å². The number of nitrogens with two attached hydrogens (primary N) is 1. The molecule has 9 heteroatoms. The number of aryl methyl sites for hydroxylation is 1. The number of rotatable bonds is 3. The van der Waals surface area contributed by atoms with Gasteiger partial charge in [-0.15, -0.1) is 11.3 Å². The van der Waals surface area contributed by atoms with Crippen molar-refractivity contribution in [1.82, 2.24) is 9.97 Å². The molecular formula is C22H24N4O4S. The van der Waals surface area contributed by atoms with E-state index < -0.39 is 28.6 Å². The fraction of sp³-hybridized carbons (Fsp3) is 0.364. The first-order valence-electron chi connectivity index (χ1n) is 9.87. The zero-order chi connectivity index (χ0) is 22.7. The lowest BCUT2D eigenvalue weighted by Gasteiger charge is -2.41. The number of H-pyrrole nitrogens is 1. The van der Waals surface area contributed by atoms with E-state index in [0.717, 1.165) is 10.4 Å². The average Bonchev–Trinajstić information content (AvgIpc) is 2.97. The van der Waals surface area contributed by atoms with Gasteiger partial charge < -0.3 is 20.8 Å². The van der Waals surface area contributed by atoms with Crippen LogP contribution >= 0.6 is 11.3 Å². The number of hydrogen-bond donors (Lipinski definition) is 3. The lowest BCUT2D eigenvalue weighted by atomic mass is 9.86. The Morgan fingerprint density at radius 1 is 1.26 bits per heavy atom. The molecule has 0 saturated carbocycles. The van der Waals surface area contributed by atoms with Crippen molar-refractivity contribution in [2.24, 2.45) is 5.73 Å². The maximum Gasteiger partial charge on any atom is 0.259 e. The van der Waals surface area contributed by atoms with Crippen molar-refractivity contribution in [3.63, 3.8) is 0 Å². The second-order valence-corrected chi connectivity index (χ2v) is 9.85. The van der Waals surface area contributed by atoms with E-state index in [1.807, 2.05) is 27.7 Å². The van der Waals surface area contributed by atoms with Gasteiger partial charge in [-0.05, 0) is 52.3 Å². The number of amides is 2. The molecule has 0 saturated heterocycles. The molecule has 2 aromatic heterocycles. The molecule has 3 heterocycles. The fourth-order valence-electron chi connectivity index (χ4n) is 4.33. The van der Waals surface area contributed by atoms with Gasteiger partial charge in [-0.2, -0.15) is 0 Å². The minimum Gasteiger partial charge on any atom is -0.365 e. The predicted molar refractivity (Wildman–Crippen MR) is 120 cm³/mol. The van der Waals surface area contributed by atoms with Gasteiger partial charge in [0.25, 0.3) is 17.4 Å². The monoisotopic (exact) mass is 440 g/mol. The maximum absolute atomic E-state index is 13.2. The van der Waals surface area contributed by atoms with Crippen LogP contribution in [0, 0.1) is 6.92 Å². The molecule has 162 valence electrons. The van der Waals surface area contributed by atoms with Crippen molar-refractivity contribution in [3.05, 3.63) is 55.9 Å². The molecule has 31 heavy (non-hydrogen) atoms. The lowest BCUT2D eigenvalue weighted by Crippen LogP contribution is -2.42. The van der Waals surface area contributed by atoms with E-state index in [9.17, 15) is 14.4 Å². The number of aromatic amines is 1. The molecule has 8 nitrogen and oxygen atoms in total. The number of anilines is 1. The highest BCUT2D eigenvalue weighted by Crippen LogP contribution is 2.48. The SMILES string of the molecule is Cc1nc2cccc(C(=O)Nc3sc4c(c3C(N)=O)CC(C)(C)OC4(C)C)c2c(=O)[nH]1. The van der Waals surface area contributed by atoms with E-state index in [2.05, 4.69) is 15.3 Å². The van der Waals surface area contributed by atoms with Crippen LogP contribution in [0.1, 0.15) is 64.7 Å². The summed E-state index contributed by atoms with van der Waals surface area (Å²) in [5.41, 5.74) is 5.86. The maximum atomic E-state index is 13.2. The van der Waals surface area contributed by atoms with Crippen molar-refractivity contribution in [3.8, 4) is 0 Å². The van der Waals surface area contributed by atoms with Crippen LogP contribution in [0.5, 0.6) is 0 Å². The number of primary amides is 1. The summed E-state index contributed by atoms with van der Waals surface area (Å²) in [6.45, 7) is 9.44. The van der Waals surface area contributed by atoms with Crippen LogP contribution in [0.15, 0.2) is 23.0 Å². The molecule has 0 aliphatic carbocycles. The quantitative estimate of drug-likeness (QED) is 0.576. The molecule has 1 aliphatic rings. The topological polar surface area (TPSA) is 127 Å². The summed E-state index contributed by atoms with van der Waals surface area (Å²) in [6, 6.07) is 4.89. The van der Waals surface area contributed by atoms with Gasteiger partial charge in [-0.1, -0.05) is 6.07 Å². The van der Waals surface area contributed by atoms with Crippen LogP contribution in [0.4, 0.5) is 5.00 Å². The Morgan fingerprint density at radius 2 is 1.97 bits per heavy atom. The van der Waals surface area contributed by atoms with Gasteiger partial charge in [-0.3, -0.25) is 14.4 Å². The molecule has 0 radical (unpaired) electrons. The summed E-state index contributed by atoms with van der Waals surface area (Å²) < 4.78 is 6.20. The van der Waals surface area contributed by atoms with Gasteiger partial charge in [0.05, 0.1) is 33.2 Å². The average molecular weight is 441 g/mol. The zero-order valence-electron chi connectivity index (χ0n) is 18.0. The molecule has 0 bridgehead atoms. The number of hydrogen-bond acceptors (Lipinski definition) is 6. The van der Waals surface area contributed by atoms with E-state index in [1.54, 1.807) is 25.1 Å². The largest absolute Gasteiger partial charge is 0.365 e. The van der Waals surface area contributed by atoms with Crippen LogP contribution in [0.3, 0.4) is 0 Å². The molecule has 0 atom stereocenters. The first-order chi connectivity index (χ1) is 14.4. The van der Waals surface area contributed by atoms with Crippen LogP contribution in [0.2, 0.25) is 0 Å². The van der Waals surface area contributed by atoms with Gasteiger partial charge in [0.2, 0.25) is 0 Å². The number of nitrogens with zero attached hydrogens (tertiary/aromatic N) is 1. The molecule has 4 N–H and O–H groups in total. The van der Waals surface area contributed by atoms with E-state index in [4.69, 9.17) is 10.5 Å². The molecule has 1 aromatic carbocycles. The first-order valence-corrected chi connectivity index (χ1v) is 10.7. The molecule has 2 amide bonds. The highest BCUT2D eigenvalue weighted by atomic mass is 32.1. The number of benzene rings is 1. The van der Waals surface area contributed by atoms with Gasteiger partial charge in [0.1, 0.15) is 10.8 Å². The standard InChI is InChI=1S/C22H24N4O4S/c1-10-24-13-8-6-7-11(14(13)19(29)25-10)18(28)26-20-15(17(23)27)12-9-21(2,3)30-22(4,5)16(12)31-20/h6-8H,9H2,1-5H3,(H2,23,27)(H,26,28)(H,24,25,29). The number of aromatic nitrogens is 2. The molecular weight excluding hydrogens is 416 g/mol. The van der Waals surface area contributed by atoms with Crippen LogP contribution in [0.25, 0.3) is 10.9 Å². The minimum atomic E-state index is -0.646. The van der Waals surface area contributed by atoms with Crippen LogP contribution < -0.4 is 16.6 Å². The Morgan fingerprint density at radius 3 is 2.65 bits per heavy atom. The third-order valence-electron chi connectivity index (χ3n) is 5.26. The van der Waals surface area contributed by atoms with Gasteiger partial charge in [0.15, 0.2) is 0 Å². The van der Waals surface area contributed by atoms with E-state index in [-0.39, 0.29) is 10.9 Å². The predicted octanol–water partition coefficient (Wildman–Crippen LogP) is 3.23. The second-order valence-electron chi connectivity index (χ2n) is 8.83. The number of nitrogens with one attached hydrogen (secondary N) is 2. The lowest BCUT2D eigenvalue weighted by molar-refractivity contribution is -0.135. The van der Waals surface area contributed by atoms with Gasteiger partial charge in [0, 0.05) is 11.3 Å². The van der Waals surface area contributed by atoms with E-state index in [1.165, 1.54) is 11.3 Å². The number of carbonyl (C=O) groups excluding carboxylic acids is 2. The van der Waals surface area contributed by atoms with Crippen LogP contribution in [-0.2, 0) is 16.8 Å². The fourth-order valence-corrected chi connectivity index (χ4v) is 5.59. The zero-order valence-corrected chi connectivity index (χ0v) is 18.8. The van der Waals surface area contributed by atoms with E-state index in [0.29, 0.717) is 28.3 Å². The van der Waals surface area contributed by atoms with Crippen molar-refractivity contribution in [1.29, 1.82) is 0 Å². The molecule has 1 aliphatic heterocycles. The highest BCUT2D eigenvalue weighted by molar-refractivity contribution is 7.17. The summed E-state index contributed by atoms with van der Waals surface area (Å²) in [6.07, 6.45) is 0.494. The first kappa shape index (κ1) is 21.2. The Bertz CT molecular complexity index is 1300. The van der Waals surface area contributed by atoms with Crippen molar-refractivity contribution in [2.75, 3.05) is 5.32 Å². The minimum absolute atomic E-state index is 0.170. The second kappa shape index (κ2) is 7.00. The third kappa shape index (κ3) is 3.64. The molecule has 0 spiro atoms. The Hall–Kier alpha value is -3.04. The third-order valence-corrected chi connectivity index (χ3v) is 6.71. The van der Waals surface area contributed by atoms with Crippen molar-refractivity contribution < 1.29 is 14.3 Å². The molecule has 0 fully saturated rings. The summed E-state index contributed by atoms with van der Waals surface area (Å²) in [4.78, 5) is 45.8. The summed E-state index contributed by atoms with van der Waals surface area (Å²) in [5.74, 6) is -0.669. The summed E-state index contributed by atoms with van der Waals surface area (Å²) >= 11 is 1.27. The summed E-state index contributed by atoms with van der Waals surface area (Å²) in [5, 5.41) is 3.35. The normalized spacial score (nSPS) is 16.7. The number of thiophene rings is 1. The molecule has 0 unspecified atom stereocenters. The molecule has 3 aromatic rings. The summed E-state index contributed by atoms with van der Waals surface area (Å²) in [7, 11) is 0. The van der Waals surface area contributed by atoms with E-state index >= 15 is 0 Å². The molecule has 4 rings (SSSR count). The highest BCUT2D eigenvalue weighted by Gasteiger charge is 2.43. The number of ether oxygens (including phenoxy) is 1. The van der Waals surface area contributed by atoms with Crippen molar-refractivity contribution in [2.45, 2.75) is 52.2 Å². The Kier molecular flexibility index (Phi) is 4.79. The Balaban J connectivity index is 1.82. The van der Waals surface area contributed by atoms with Gasteiger partial charge >= 0.3 is 0 Å². The number of fused-ring (bicyclic) bond motifs is 2. The van der Waals surface area contributed by atoms with Gasteiger partial charge in [-0.25, -0.2) is 4.98 Å². The Labute approximate surface area is 182 Å².